The Balaban J connectivity index is 1.59. The van der Waals surface area contributed by atoms with Crippen molar-refractivity contribution in [2.24, 2.45) is 0 Å². The van der Waals surface area contributed by atoms with E-state index in [0.29, 0.717) is 12.1 Å². The smallest absolute Gasteiger partial charge is 0.365 e. The Bertz CT molecular complexity index is 745. The molecule has 0 aliphatic carbocycles. The van der Waals surface area contributed by atoms with Crippen molar-refractivity contribution in [1.29, 1.82) is 0 Å². The van der Waals surface area contributed by atoms with Gasteiger partial charge in [-0.2, -0.15) is 13.2 Å². The van der Waals surface area contributed by atoms with Gasteiger partial charge in [-0.1, -0.05) is 42.5 Å². The van der Waals surface area contributed by atoms with E-state index in [1.165, 1.54) is 12.8 Å². The van der Waals surface area contributed by atoms with E-state index in [4.69, 9.17) is 4.74 Å². The summed E-state index contributed by atoms with van der Waals surface area (Å²) in [6.07, 6.45) is -0.162. The second kappa shape index (κ2) is 7.28. The lowest BCUT2D eigenvalue weighted by Gasteiger charge is -2.38. The predicted molar refractivity (Wildman–Crippen MR) is 98.4 cm³/mol. The number of alkyl halides is 3. The summed E-state index contributed by atoms with van der Waals surface area (Å²) in [6.45, 7) is 0. The molecule has 2 saturated heterocycles. The fourth-order valence-electron chi connectivity index (χ4n) is 4.49. The molecule has 144 valence electrons. The van der Waals surface area contributed by atoms with Crippen LogP contribution in [0.5, 0.6) is 0 Å². The molecule has 2 bridgehead atoms. The summed E-state index contributed by atoms with van der Waals surface area (Å²) in [5, 5.41) is 0. The molecule has 0 radical (unpaired) electrons. The van der Waals surface area contributed by atoms with E-state index in [1.807, 2.05) is 30.3 Å². The van der Waals surface area contributed by atoms with Gasteiger partial charge in [0.1, 0.15) is 6.10 Å². The minimum Gasteiger partial charge on any atom is -0.365 e. The quantitative estimate of drug-likeness (QED) is 0.706. The fraction of sp³-hybridized carbons (Fsp3) is 0.455. The Morgan fingerprint density at radius 1 is 0.889 bits per heavy atom. The number of hydrogen-bond acceptors (Lipinski definition) is 2. The average Bonchev–Trinajstić information content (AvgIpc) is 2.87. The lowest BCUT2D eigenvalue weighted by Crippen LogP contribution is -2.43. The predicted octanol–water partition coefficient (Wildman–Crippen LogP) is 5.44. The highest BCUT2D eigenvalue weighted by Gasteiger charge is 2.40. The van der Waals surface area contributed by atoms with Crippen molar-refractivity contribution < 1.29 is 17.9 Å². The molecule has 2 fully saturated rings. The van der Waals surface area contributed by atoms with Crippen LogP contribution < -0.4 is 0 Å². The van der Waals surface area contributed by atoms with E-state index in [2.05, 4.69) is 11.9 Å². The SMILES string of the molecule is CN1[C@@H]2CC[C@H]1CC(OC(c1ccccc1)c1ccc(C(F)(F)F)cc1)C2. The number of piperidine rings is 1. The van der Waals surface area contributed by atoms with E-state index >= 15 is 0 Å². The Kier molecular flexibility index (Phi) is 4.99. The van der Waals surface area contributed by atoms with E-state index in [9.17, 15) is 13.2 Å². The number of halogens is 3. The van der Waals surface area contributed by atoms with Gasteiger partial charge in [-0.15, -0.1) is 0 Å². The zero-order chi connectivity index (χ0) is 19.0. The highest BCUT2D eigenvalue weighted by Crippen LogP contribution is 2.39. The molecule has 2 aromatic rings. The maximum Gasteiger partial charge on any atom is 0.416 e. The zero-order valence-corrected chi connectivity index (χ0v) is 15.3. The van der Waals surface area contributed by atoms with Crippen molar-refractivity contribution >= 4 is 0 Å². The van der Waals surface area contributed by atoms with E-state index in [1.54, 1.807) is 12.1 Å². The van der Waals surface area contributed by atoms with Gasteiger partial charge in [-0.3, -0.25) is 0 Å². The maximum atomic E-state index is 12.9. The molecule has 5 heteroatoms. The van der Waals surface area contributed by atoms with Crippen LogP contribution in [0.3, 0.4) is 0 Å². The molecule has 0 amide bonds. The molecule has 27 heavy (non-hydrogen) atoms. The van der Waals surface area contributed by atoms with Crippen molar-refractivity contribution in [1.82, 2.24) is 4.90 Å². The van der Waals surface area contributed by atoms with Gasteiger partial charge in [0.25, 0.3) is 0 Å². The summed E-state index contributed by atoms with van der Waals surface area (Å²) < 4.78 is 45.2. The molecule has 0 aromatic heterocycles. The van der Waals surface area contributed by atoms with Gasteiger partial charge in [-0.05, 0) is 56.0 Å². The van der Waals surface area contributed by atoms with Crippen LogP contribution >= 0.6 is 0 Å². The number of rotatable bonds is 4. The molecule has 2 unspecified atom stereocenters. The Morgan fingerprint density at radius 2 is 1.44 bits per heavy atom. The van der Waals surface area contributed by atoms with Gasteiger partial charge >= 0.3 is 6.18 Å². The zero-order valence-electron chi connectivity index (χ0n) is 15.3. The van der Waals surface area contributed by atoms with Gasteiger partial charge in [0.2, 0.25) is 0 Å². The first kappa shape index (κ1) is 18.5. The van der Waals surface area contributed by atoms with E-state index < -0.39 is 11.7 Å². The minimum atomic E-state index is -4.32. The van der Waals surface area contributed by atoms with Crippen molar-refractivity contribution in [2.75, 3.05) is 7.05 Å². The molecule has 2 aromatic carbocycles. The standard InChI is InChI=1S/C22H24F3NO/c1-26-18-11-12-19(26)14-20(13-18)27-21(15-5-3-2-4-6-15)16-7-9-17(10-8-16)22(23,24)25/h2-10,18-21H,11-14H2,1H3/t18-,19+,20?,21?. The van der Waals surface area contributed by atoms with Crippen LogP contribution in [0.25, 0.3) is 0 Å². The summed E-state index contributed by atoms with van der Waals surface area (Å²) in [5.41, 5.74) is 1.11. The highest BCUT2D eigenvalue weighted by atomic mass is 19.4. The Labute approximate surface area is 157 Å². The largest absolute Gasteiger partial charge is 0.416 e. The summed E-state index contributed by atoms with van der Waals surface area (Å²) in [5.74, 6) is 0. The summed E-state index contributed by atoms with van der Waals surface area (Å²) in [6, 6.07) is 16.3. The van der Waals surface area contributed by atoms with Crippen molar-refractivity contribution in [3.8, 4) is 0 Å². The van der Waals surface area contributed by atoms with Crippen molar-refractivity contribution in [3.05, 3.63) is 71.3 Å². The lowest BCUT2D eigenvalue weighted by molar-refractivity contribution is -0.137. The van der Waals surface area contributed by atoms with E-state index in [-0.39, 0.29) is 12.2 Å². The van der Waals surface area contributed by atoms with Crippen LogP contribution in [0.15, 0.2) is 54.6 Å². The lowest BCUT2D eigenvalue weighted by atomic mass is 9.97. The number of hydrogen-bond donors (Lipinski definition) is 0. The third kappa shape index (κ3) is 3.90. The number of fused-ring (bicyclic) bond motifs is 2. The molecule has 2 heterocycles. The topological polar surface area (TPSA) is 12.5 Å². The second-order valence-electron chi connectivity index (χ2n) is 7.69. The molecule has 2 aliphatic rings. The highest BCUT2D eigenvalue weighted by molar-refractivity contribution is 5.33. The van der Waals surface area contributed by atoms with Gasteiger partial charge in [0.15, 0.2) is 0 Å². The molecule has 0 saturated carbocycles. The van der Waals surface area contributed by atoms with Gasteiger partial charge in [-0.25, -0.2) is 0 Å². The molecule has 2 aliphatic heterocycles. The van der Waals surface area contributed by atoms with Crippen LogP contribution in [-0.4, -0.2) is 30.1 Å². The number of ether oxygens (including phenoxy) is 1. The normalized spacial score (nSPS) is 26.9. The molecular weight excluding hydrogens is 351 g/mol. The molecule has 4 rings (SSSR count). The Morgan fingerprint density at radius 3 is 2.00 bits per heavy atom. The molecule has 4 atom stereocenters. The van der Waals surface area contributed by atoms with Crippen LogP contribution in [0.4, 0.5) is 13.2 Å². The second-order valence-corrected chi connectivity index (χ2v) is 7.69. The third-order valence-electron chi connectivity index (χ3n) is 6.03. The van der Waals surface area contributed by atoms with Gasteiger partial charge in [0.05, 0.1) is 11.7 Å². The molecule has 2 nitrogen and oxygen atoms in total. The minimum absolute atomic E-state index is 0.131. The first-order chi connectivity index (χ1) is 12.9. The number of benzene rings is 2. The van der Waals surface area contributed by atoms with Gasteiger partial charge in [0, 0.05) is 12.1 Å². The van der Waals surface area contributed by atoms with Gasteiger partial charge < -0.3 is 9.64 Å². The molecule has 0 spiro atoms. The molecule has 0 N–H and O–H groups in total. The van der Waals surface area contributed by atoms with Crippen LogP contribution in [-0.2, 0) is 10.9 Å². The summed E-state index contributed by atoms with van der Waals surface area (Å²) in [7, 11) is 2.18. The molecular formula is C22H24F3NO. The maximum absolute atomic E-state index is 12.9. The van der Waals surface area contributed by atoms with Crippen molar-refractivity contribution in [3.63, 3.8) is 0 Å². The van der Waals surface area contributed by atoms with Crippen LogP contribution in [0.1, 0.15) is 48.5 Å². The first-order valence-electron chi connectivity index (χ1n) is 9.51. The van der Waals surface area contributed by atoms with Crippen LogP contribution in [0, 0.1) is 0 Å². The Hall–Kier alpha value is -1.85. The average molecular weight is 375 g/mol. The number of nitrogens with zero attached hydrogens (tertiary/aromatic N) is 1. The summed E-state index contributed by atoms with van der Waals surface area (Å²) >= 11 is 0. The van der Waals surface area contributed by atoms with E-state index in [0.717, 1.165) is 36.1 Å². The van der Waals surface area contributed by atoms with Crippen LogP contribution in [0.2, 0.25) is 0 Å². The van der Waals surface area contributed by atoms with Crippen molar-refractivity contribution in [2.45, 2.75) is 56.2 Å². The monoisotopic (exact) mass is 375 g/mol. The first-order valence-corrected chi connectivity index (χ1v) is 9.51. The fourth-order valence-corrected chi connectivity index (χ4v) is 4.49. The third-order valence-corrected chi connectivity index (χ3v) is 6.03. The summed E-state index contributed by atoms with van der Waals surface area (Å²) in [4.78, 5) is 2.45.